The van der Waals surface area contributed by atoms with Crippen molar-refractivity contribution >= 4 is 16.1 Å². The maximum absolute atomic E-state index is 12.9. The van der Waals surface area contributed by atoms with Gasteiger partial charge in [0.15, 0.2) is 0 Å². The van der Waals surface area contributed by atoms with E-state index in [2.05, 4.69) is 0 Å². The Hall–Kier alpha value is -2.45. The summed E-state index contributed by atoms with van der Waals surface area (Å²) >= 11 is 0. The minimum absolute atomic E-state index is 0.0511. The molecule has 0 saturated heterocycles. The van der Waals surface area contributed by atoms with Crippen molar-refractivity contribution in [2.45, 2.75) is 37.7 Å². The SMILES string of the molecule is CC(=O)OC(CCCOS(=O)(=O)c1ccc(C)cc1)COc1ccc(F)cc1. The van der Waals surface area contributed by atoms with E-state index < -0.39 is 22.2 Å². The van der Waals surface area contributed by atoms with Gasteiger partial charge in [0.2, 0.25) is 0 Å². The number of rotatable bonds is 10. The molecule has 2 aromatic carbocycles. The molecule has 0 saturated carbocycles. The summed E-state index contributed by atoms with van der Waals surface area (Å²) in [6.07, 6.45) is 0.119. The number of carbonyl (C=O) groups excluding carboxylic acids is 1. The van der Waals surface area contributed by atoms with Crippen LogP contribution in [0, 0.1) is 12.7 Å². The fraction of sp³-hybridized carbons (Fsp3) is 0.350. The normalized spacial score (nSPS) is 12.4. The Kier molecular flexibility index (Phi) is 7.95. The standard InChI is InChI=1S/C20H23FO6S/c1-15-5-11-20(12-6-15)28(23,24)26-13-3-4-19(27-16(2)22)14-25-18-9-7-17(21)8-10-18/h5-12,19H,3-4,13-14H2,1-2H3. The summed E-state index contributed by atoms with van der Waals surface area (Å²) in [5.41, 5.74) is 0.948. The first-order chi connectivity index (χ1) is 13.3. The minimum atomic E-state index is -3.83. The van der Waals surface area contributed by atoms with Gasteiger partial charge in [-0.2, -0.15) is 8.42 Å². The van der Waals surface area contributed by atoms with Crippen LogP contribution < -0.4 is 4.74 Å². The van der Waals surface area contributed by atoms with Gasteiger partial charge in [0.1, 0.15) is 24.3 Å². The van der Waals surface area contributed by atoms with Crippen LogP contribution in [0.1, 0.15) is 25.3 Å². The van der Waals surface area contributed by atoms with Crippen LogP contribution in [-0.4, -0.2) is 33.7 Å². The lowest BCUT2D eigenvalue weighted by Gasteiger charge is -2.17. The molecule has 1 atom stereocenters. The van der Waals surface area contributed by atoms with Crippen molar-refractivity contribution in [1.82, 2.24) is 0 Å². The highest BCUT2D eigenvalue weighted by molar-refractivity contribution is 7.86. The fourth-order valence-corrected chi connectivity index (χ4v) is 3.33. The molecule has 0 fully saturated rings. The zero-order valence-corrected chi connectivity index (χ0v) is 16.6. The van der Waals surface area contributed by atoms with Crippen molar-refractivity contribution in [1.29, 1.82) is 0 Å². The van der Waals surface area contributed by atoms with Crippen LogP contribution in [-0.2, 0) is 23.8 Å². The first kappa shape index (κ1) is 21.8. The number of esters is 1. The molecule has 0 amide bonds. The smallest absolute Gasteiger partial charge is 0.303 e. The van der Waals surface area contributed by atoms with Crippen molar-refractivity contribution in [3.63, 3.8) is 0 Å². The van der Waals surface area contributed by atoms with E-state index in [4.69, 9.17) is 13.7 Å². The zero-order chi connectivity index (χ0) is 20.6. The number of carbonyl (C=O) groups is 1. The summed E-state index contributed by atoms with van der Waals surface area (Å²) in [6.45, 7) is 3.16. The third-order valence-electron chi connectivity index (χ3n) is 3.80. The summed E-state index contributed by atoms with van der Waals surface area (Å²) in [7, 11) is -3.83. The van der Waals surface area contributed by atoms with E-state index in [1.54, 1.807) is 12.1 Å². The largest absolute Gasteiger partial charge is 0.490 e. The molecule has 0 radical (unpaired) electrons. The second-order valence-electron chi connectivity index (χ2n) is 6.23. The first-order valence-electron chi connectivity index (χ1n) is 8.78. The van der Waals surface area contributed by atoms with E-state index in [0.29, 0.717) is 18.6 Å². The van der Waals surface area contributed by atoms with Gasteiger partial charge in [0, 0.05) is 6.92 Å². The molecule has 0 aliphatic rings. The Morgan fingerprint density at radius 2 is 1.71 bits per heavy atom. The van der Waals surface area contributed by atoms with E-state index in [9.17, 15) is 17.6 Å². The van der Waals surface area contributed by atoms with Crippen LogP contribution >= 0.6 is 0 Å². The summed E-state index contributed by atoms with van der Waals surface area (Å²) in [5.74, 6) is -0.409. The Morgan fingerprint density at radius 3 is 2.32 bits per heavy atom. The molecule has 2 aromatic rings. The predicted octanol–water partition coefficient (Wildman–Crippen LogP) is 3.63. The molecule has 0 aliphatic heterocycles. The minimum Gasteiger partial charge on any atom is -0.490 e. The van der Waals surface area contributed by atoms with E-state index in [-0.39, 0.29) is 23.9 Å². The number of ether oxygens (including phenoxy) is 2. The average molecular weight is 410 g/mol. The number of hydrogen-bond donors (Lipinski definition) is 0. The van der Waals surface area contributed by atoms with Crippen molar-refractivity contribution in [3.05, 3.63) is 59.9 Å². The third-order valence-corrected chi connectivity index (χ3v) is 5.13. The molecule has 0 heterocycles. The number of hydrogen-bond acceptors (Lipinski definition) is 6. The molecular formula is C20H23FO6S. The van der Waals surface area contributed by atoms with E-state index >= 15 is 0 Å². The maximum Gasteiger partial charge on any atom is 0.303 e. The predicted molar refractivity (Wildman–Crippen MR) is 101 cm³/mol. The van der Waals surface area contributed by atoms with Crippen LogP contribution in [0.25, 0.3) is 0 Å². The van der Waals surface area contributed by atoms with Gasteiger partial charge in [-0.1, -0.05) is 17.7 Å². The highest BCUT2D eigenvalue weighted by Crippen LogP contribution is 2.16. The maximum atomic E-state index is 12.9. The molecule has 2 rings (SSSR count). The topological polar surface area (TPSA) is 78.9 Å². The number of halogens is 1. The van der Waals surface area contributed by atoms with Crippen LogP contribution in [0.3, 0.4) is 0 Å². The Balaban J connectivity index is 1.82. The molecule has 0 bridgehead atoms. The monoisotopic (exact) mass is 410 g/mol. The first-order valence-corrected chi connectivity index (χ1v) is 10.2. The van der Waals surface area contributed by atoms with Gasteiger partial charge in [-0.3, -0.25) is 8.98 Å². The zero-order valence-electron chi connectivity index (χ0n) is 15.8. The Labute approximate surface area is 164 Å². The van der Waals surface area contributed by atoms with Gasteiger partial charge >= 0.3 is 5.97 Å². The van der Waals surface area contributed by atoms with Gasteiger partial charge < -0.3 is 9.47 Å². The quantitative estimate of drug-likeness (QED) is 0.338. The van der Waals surface area contributed by atoms with Gasteiger partial charge in [-0.25, -0.2) is 4.39 Å². The average Bonchev–Trinajstić information content (AvgIpc) is 2.64. The lowest BCUT2D eigenvalue weighted by atomic mass is 10.2. The number of aryl methyl sites for hydroxylation is 1. The highest BCUT2D eigenvalue weighted by Gasteiger charge is 2.17. The summed E-state index contributed by atoms with van der Waals surface area (Å²) in [4.78, 5) is 11.4. The Bertz CT molecular complexity index is 863. The van der Waals surface area contributed by atoms with Crippen molar-refractivity contribution < 1.29 is 31.3 Å². The van der Waals surface area contributed by atoms with Crippen LogP contribution in [0.15, 0.2) is 53.4 Å². The van der Waals surface area contributed by atoms with Gasteiger partial charge in [-0.05, 0) is 56.2 Å². The number of benzene rings is 2. The molecule has 0 spiro atoms. The van der Waals surface area contributed by atoms with Crippen LogP contribution in [0.5, 0.6) is 5.75 Å². The fourth-order valence-electron chi connectivity index (χ4n) is 2.38. The molecule has 6 nitrogen and oxygen atoms in total. The van der Waals surface area contributed by atoms with E-state index in [1.807, 2.05) is 6.92 Å². The summed E-state index contributed by atoms with van der Waals surface area (Å²) in [6, 6.07) is 11.8. The van der Waals surface area contributed by atoms with Gasteiger partial charge in [0.05, 0.1) is 11.5 Å². The molecule has 0 N–H and O–H groups in total. The van der Waals surface area contributed by atoms with Gasteiger partial charge in [0.25, 0.3) is 10.1 Å². The van der Waals surface area contributed by atoms with Crippen molar-refractivity contribution in [2.24, 2.45) is 0 Å². The molecule has 1 unspecified atom stereocenters. The molecule has 28 heavy (non-hydrogen) atoms. The van der Waals surface area contributed by atoms with E-state index in [1.165, 1.54) is 43.3 Å². The summed E-state index contributed by atoms with van der Waals surface area (Å²) < 4.78 is 52.9. The lowest BCUT2D eigenvalue weighted by Crippen LogP contribution is -2.24. The van der Waals surface area contributed by atoms with Crippen molar-refractivity contribution in [2.75, 3.05) is 13.2 Å². The Morgan fingerprint density at radius 1 is 1.07 bits per heavy atom. The van der Waals surface area contributed by atoms with Gasteiger partial charge in [-0.15, -0.1) is 0 Å². The van der Waals surface area contributed by atoms with Crippen molar-refractivity contribution in [3.8, 4) is 5.75 Å². The molecule has 152 valence electrons. The van der Waals surface area contributed by atoms with E-state index in [0.717, 1.165) is 5.56 Å². The van der Waals surface area contributed by atoms with Crippen LogP contribution in [0.2, 0.25) is 0 Å². The molecule has 8 heteroatoms. The molecule has 0 aliphatic carbocycles. The molecular weight excluding hydrogens is 387 g/mol. The molecule has 0 aromatic heterocycles. The van der Waals surface area contributed by atoms with Crippen LogP contribution in [0.4, 0.5) is 4.39 Å². The second-order valence-corrected chi connectivity index (χ2v) is 7.84. The lowest BCUT2D eigenvalue weighted by molar-refractivity contribution is -0.148. The second kappa shape index (κ2) is 10.2. The highest BCUT2D eigenvalue weighted by atomic mass is 32.2. The third kappa shape index (κ3) is 7.28. The summed E-state index contributed by atoms with van der Waals surface area (Å²) in [5, 5.41) is 0.